The molecule has 0 bridgehead atoms. The van der Waals surface area contributed by atoms with Crippen molar-refractivity contribution in [3.05, 3.63) is 113 Å². The molecular formula is C48H56FN9O8. The second kappa shape index (κ2) is 22.9. The number of piperidine rings is 1. The Morgan fingerprint density at radius 3 is 2.56 bits per heavy atom. The number of carbonyl (C=O) groups is 5. The van der Waals surface area contributed by atoms with E-state index in [2.05, 4.69) is 43.1 Å². The zero-order chi connectivity index (χ0) is 46.4. The van der Waals surface area contributed by atoms with E-state index in [-0.39, 0.29) is 68.3 Å². The van der Waals surface area contributed by atoms with E-state index < -0.39 is 17.8 Å². The molecule has 18 heteroatoms. The summed E-state index contributed by atoms with van der Waals surface area (Å²) >= 11 is 0. The third kappa shape index (κ3) is 12.1. The summed E-state index contributed by atoms with van der Waals surface area (Å²) in [6.07, 6.45) is 7.64. The van der Waals surface area contributed by atoms with E-state index in [4.69, 9.17) is 19.2 Å². The molecule has 1 fully saturated rings. The lowest BCUT2D eigenvalue weighted by Crippen LogP contribution is -2.52. The third-order valence-corrected chi connectivity index (χ3v) is 11.7. The number of aliphatic imine (C=N–C) groups is 1. The van der Waals surface area contributed by atoms with Gasteiger partial charge in [-0.3, -0.25) is 34.3 Å². The molecule has 3 atom stereocenters. The van der Waals surface area contributed by atoms with Gasteiger partial charge in [-0.05, 0) is 93.1 Å². The molecule has 3 aromatic carbocycles. The van der Waals surface area contributed by atoms with Gasteiger partial charge in [0, 0.05) is 86.2 Å². The van der Waals surface area contributed by atoms with Crippen LogP contribution in [-0.4, -0.2) is 114 Å². The summed E-state index contributed by atoms with van der Waals surface area (Å²) in [6, 6.07) is 18.0. The lowest BCUT2D eigenvalue weighted by Gasteiger charge is -2.29. The van der Waals surface area contributed by atoms with E-state index in [1.54, 1.807) is 61.1 Å². The van der Waals surface area contributed by atoms with E-state index in [0.717, 1.165) is 42.9 Å². The van der Waals surface area contributed by atoms with Crippen LogP contribution in [0.15, 0.2) is 84.2 Å². The standard InChI is InChI=1S/C48H56FN9O8/c1-3-38-45(40-18-19-50-30-53-40)57(2)42(54-38)27-51-33-11-7-10-31(24-33)46(61)52-26-32-25-34(14-15-37(32)49)66-23-6-4-5-20-64-21-9-22-65-29-44(60)55-39-13-8-12-35-36(39)28-58(48(35)63)41-16-17-43(59)56-47(41)62/h7-8,10-15,18-19,24-25,30,38,41,45,51H,3-6,9,16-17,20-23,26-29H2,1-2H3,(H,52,61)(H,55,60)(H,56,59,62)/t38-,41?,45?/m0/s1. The first-order valence-electron chi connectivity index (χ1n) is 22.4. The zero-order valence-corrected chi connectivity index (χ0v) is 37.2. The first-order valence-corrected chi connectivity index (χ1v) is 22.4. The molecule has 7 rings (SSSR count). The molecule has 1 aromatic heterocycles. The Kier molecular flexibility index (Phi) is 16.4. The van der Waals surface area contributed by atoms with Crippen molar-refractivity contribution >= 4 is 46.7 Å². The van der Waals surface area contributed by atoms with Gasteiger partial charge in [-0.25, -0.2) is 14.4 Å². The summed E-state index contributed by atoms with van der Waals surface area (Å²) in [5.41, 5.74) is 3.95. The number of amidine groups is 1. The second-order valence-corrected chi connectivity index (χ2v) is 16.3. The molecule has 66 heavy (non-hydrogen) atoms. The maximum Gasteiger partial charge on any atom is 0.255 e. The first-order chi connectivity index (χ1) is 32.1. The Labute approximate surface area is 382 Å². The molecule has 4 N–H and O–H groups in total. The number of aromatic nitrogens is 2. The van der Waals surface area contributed by atoms with E-state index in [9.17, 15) is 28.4 Å². The van der Waals surface area contributed by atoms with Crippen molar-refractivity contribution in [1.29, 1.82) is 0 Å². The lowest BCUT2D eigenvalue weighted by molar-refractivity contribution is -0.137. The van der Waals surface area contributed by atoms with Gasteiger partial charge in [0.1, 0.15) is 36.4 Å². The highest BCUT2D eigenvalue weighted by atomic mass is 19.1. The zero-order valence-electron chi connectivity index (χ0n) is 37.2. The summed E-state index contributed by atoms with van der Waals surface area (Å²) < 4.78 is 31.9. The summed E-state index contributed by atoms with van der Waals surface area (Å²) in [7, 11) is 2.01. The lowest BCUT2D eigenvalue weighted by atomic mass is 10.0. The number of imide groups is 1. The number of likely N-dealkylation sites (N-methyl/N-ethyl adjacent to an activating group) is 1. The maximum absolute atomic E-state index is 14.8. The van der Waals surface area contributed by atoms with Crippen LogP contribution in [0.5, 0.6) is 5.75 Å². The molecule has 3 aliphatic rings. The number of nitrogens with one attached hydrogen (secondary N) is 4. The van der Waals surface area contributed by atoms with Crippen LogP contribution in [0.25, 0.3) is 0 Å². The molecule has 0 spiro atoms. The molecular weight excluding hydrogens is 850 g/mol. The number of halogens is 1. The van der Waals surface area contributed by atoms with Gasteiger partial charge in [0.25, 0.3) is 11.8 Å². The van der Waals surface area contributed by atoms with E-state index >= 15 is 0 Å². The van der Waals surface area contributed by atoms with Crippen LogP contribution in [0.2, 0.25) is 0 Å². The van der Waals surface area contributed by atoms with Crippen molar-refractivity contribution in [2.45, 2.75) is 83.1 Å². The Morgan fingerprint density at radius 2 is 1.74 bits per heavy atom. The van der Waals surface area contributed by atoms with Gasteiger partial charge in [0.05, 0.1) is 30.9 Å². The highest BCUT2D eigenvalue weighted by molar-refractivity contribution is 6.07. The number of hydrogen-bond donors (Lipinski definition) is 4. The molecule has 4 heterocycles. The first kappa shape index (κ1) is 47.2. The predicted molar refractivity (Wildman–Crippen MR) is 243 cm³/mol. The highest BCUT2D eigenvalue weighted by Gasteiger charge is 2.40. The van der Waals surface area contributed by atoms with Crippen LogP contribution in [0.1, 0.15) is 95.4 Å². The van der Waals surface area contributed by atoms with Crippen molar-refractivity contribution < 1.29 is 42.6 Å². The fourth-order valence-corrected chi connectivity index (χ4v) is 8.23. The van der Waals surface area contributed by atoms with Gasteiger partial charge >= 0.3 is 0 Å². The summed E-state index contributed by atoms with van der Waals surface area (Å²) in [5, 5.41) is 11.3. The molecule has 348 valence electrons. The Bertz CT molecular complexity index is 2400. The molecule has 17 nitrogen and oxygen atoms in total. The number of carbonyl (C=O) groups excluding carboxylic acids is 5. The van der Waals surface area contributed by atoms with Crippen LogP contribution in [0, 0.1) is 5.82 Å². The number of nitrogens with zero attached hydrogens (tertiary/aromatic N) is 5. The second-order valence-electron chi connectivity index (χ2n) is 16.3. The van der Waals surface area contributed by atoms with Gasteiger partial charge in [-0.2, -0.15) is 0 Å². The third-order valence-electron chi connectivity index (χ3n) is 11.7. The number of unbranched alkanes of at least 4 members (excludes halogenated alkanes) is 2. The summed E-state index contributed by atoms with van der Waals surface area (Å²) in [5.74, 6) is -0.886. The molecule has 4 aromatic rings. The SMILES string of the molecule is CC[C@@H]1N=C(CNc2cccc(C(=O)NCc3cc(OCCCCCOCCCOCC(=O)Nc4cccc5c4CN(C4CCC(=O)NC4=O)C5=O)ccc3F)c2)N(C)C1c1ccncn1. The van der Waals surface area contributed by atoms with Crippen LogP contribution < -0.4 is 26.0 Å². The number of rotatable bonds is 23. The normalized spacial score (nSPS) is 17.9. The Morgan fingerprint density at radius 1 is 0.924 bits per heavy atom. The van der Waals surface area contributed by atoms with Gasteiger partial charge in [-0.1, -0.05) is 19.1 Å². The van der Waals surface area contributed by atoms with Crippen molar-refractivity contribution in [2.24, 2.45) is 4.99 Å². The Balaban J connectivity index is 0.733. The van der Waals surface area contributed by atoms with Crippen molar-refractivity contribution in [3.63, 3.8) is 0 Å². The van der Waals surface area contributed by atoms with Crippen molar-refractivity contribution in [1.82, 2.24) is 30.4 Å². The van der Waals surface area contributed by atoms with Gasteiger partial charge in [0.15, 0.2) is 0 Å². The average Bonchev–Trinajstić information content (AvgIpc) is 3.84. The minimum atomic E-state index is -0.739. The van der Waals surface area contributed by atoms with Crippen molar-refractivity contribution in [2.75, 3.05) is 57.3 Å². The molecule has 0 radical (unpaired) electrons. The number of hydrogen-bond acceptors (Lipinski definition) is 13. The molecule has 3 aliphatic heterocycles. The van der Waals surface area contributed by atoms with Gasteiger partial charge in [0.2, 0.25) is 17.7 Å². The summed E-state index contributed by atoms with van der Waals surface area (Å²) in [4.78, 5) is 79.8. The van der Waals surface area contributed by atoms with Crippen LogP contribution in [-0.2, 0) is 36.9 Å². The van der Waals surface area contributed by atoms with Gasteiger partial charge in [-0.15, -0.1) is 0 Å². The monoisotopic (exact) mass is 905 g/mol. The van der Waals surface area contributed by atoms with Gasteiger partial charge < -0.3 is 40.0 Å². The minimum Gasteiger partial charge on any atom is -0.494 e. The van der Waals surface area contributed by atoms with E-state index in [0.29, 0.717) is 73.1 Å². The molecule has 1 saturated heterocycles. The topological polar surface area (TPSA) is 206 Å². The molecule has 5 amide bonds. The smallest absolute Gasteiger partial charge is 0.255 e. The summed E-state index contributed by atoms with van der Waals surface area (Å²) in [6.45, 7) is 4.35. The maximum atomic E-state index is 14.8. The van der Waals surface area contributed by atoms with Crippen LogP contribution in [0.4, 0.5) is 15.8 Å². The molecule has 0 saturated carbocycles. The predicted octanol–water partition coefficient (Wildman–Crippen LogP) is 5.19. The number of anilines is 2. The average molecular weight is 906 g/mol. The van der Waals surface area contributed by atoms with E-state index in [1.165, 1.54) is 11.0 Å². The fraction of sp³-hybridized carbons (Fsp3) is 0.417. The number of amides is 5. The number of ether oxygens (including phenoxy) is 3. The molecule has 2 unspecified atom stereocenters. The van der Waals surface area contributed by atoms with Crippen LogP contribution >= 0.6 is 0 Å². The fourth-order valence-electron chi connectivity index (χ4n) is 8.23. The molecule has 0 aliphatic carbocycles. The number of benzene rings is 3. The Hall–Kier alpha value is -6.79. The van der Waals surface area contributed by atoms with Crippen molar-refractivity contribution in [3.8, 4) is 5.75 Å². The highest BCUT2D eigenvalue weighted by Crippen LogP contribution is 2.33. The largest absolute Gasteiger partial charge is 0.494 e. The minimum absolute atomic E-state index is 0.00730. The number of fused-ring (bicyclic) bond motifs is 1. The quantitative estimate of drug-likeness (QED) is 0.0561. The van der Waals surface area contributed by atoms with E-state index in [1.807, 2.05) is 19.2 Å². The van der Waals surface area contributed by atoms with Crippen LogP contribution in [0.3, 0.4) is 0 Å².